The highest BCUT2D eigenvalue weighted by atomic mass is 32.1. The average molecular weight is 550 g/mol. The van der Waals surface area contributed by atoms with E-state index in [4.69, 9.17) is 0 Å². The highest BCUT2D eigenvalue weighted by Gasteiger charge is 2.39. The highest BCUT2D eigenvalue weighted by Crippen LogP contribution is 2.39. The van der Waals surface area contributed by atoms with E-state index in [1.807, 2.05) is 6.92 Å². The van der Waals surface area contributed by atoms with E-state index in [9.17, 15) is 36.6 Å². The number of nitrogens with one attached hydrogen (secondary N) is 2. The van der Waals surface area contributed by atoms with Crippen molar-refractivity contribution < 1.29 is 36.6 Å². The van der Waals surface area contributed by atoms with Gasteiger partial charge in [-0.3, -0.25) is 9.59 Å². The van der Waals surface area contributed by atoms with E-state index in [0.717, 1.165) is 25.1 Å². The van der Waals surface area contributed by atoms with Crippen LogP contribution >= 0.6 is 11.3 Å². The van der Waals surface area contributed by atoms with Crippen LogP contribution in [0.2, 0.25) is 0 Å². The van der Waals surface area contributed by atoms with E-state index < -0.39 is 47.9 Å². The third-order valence-electron chi connectivity index (χ3n) is 6.03. The average Bonchev–Trinajstić information content (AvgIpc) is 3.47. The molecule has 0 bridgehead atoms. The fourth-order valence-electron chi connectivity index (χ4n) is 3.96. The second kappa shape index (κ2) is 11.7. The fraction of sp³-hybridized carbons (Fsp3) is 0.565. The Balaban J connectivity index is 2.09. The maximum absolute atomic E-state index is 14.1. The van der Waals surface area contributed by atoms with Crippen LogP contribution in [0.15, 0.2) is 12.3 Å². The Morgan fingerprint density at radius 1 is 1.32 bits per heavy atom. The van der Waals surface area contributed by atoms with E-state index in [1.54, 1.807) is 6.92 Å². The molecule has 1 fully saturated rings. The number of nitrogens with zero attached hydrogens (tertiary/aromatic N) is 3. The predicted molar refractivity (Wildman–Crippen MR) is 128 cm³/mol. The molecule has 37 heavy (non-hydrogen) atoms. The minimum absolute atomic E-state index is 0.0388. The molecule has 1 aliphatic heterocycles. The van der Waals surface area contributed by atoms with Gasteiger partial charge in [-0.25, -0.2) is 18.7 Å². The quantitative estimate of drug-likeness (QED) is 0.394. The van der Waals surface area contributed by atoms with Gasteiger partial charge < -0.3 is 20.6 Å². The summed E-state index contributed by atoms with van der Waals surface area (Å²) >= 11 is 0.696. The van der Waals surface area contributed by atoms with Crippen LogP contribution in [0.5, 0.6) is 0 Å². The van der Waals surface area contributed by atoms with Crippen molar-refractivity contribution in [2.45, 2.75) is 70.8 Å². The van der Waals surface area contributed by atoms with E-state index in [1.165, 1.54) is 11.8 Å². The number of carbonyl (C=O) groups excluding carboxylic acids is 2. The zero-order chi connectivity index (χ0) is 27.5. The molecule has 0 spiro atoms. The highest BCUT2D eigenvalue weighted by molar-refractivity contribution is 7.17. The third kappa shape index (κ3) is 6.53. The van der Waals surface area contributed by atoms with Crippen molar-refractivity contribution in [3.05, 3.63) is 28.5 Å². The molecule has 0 aliphatic carbocycles. The van der Waals surface area contributed by atoms with E-state index in [-0.39, 0.29) is 40.2 Å². The molecule has 3 unspecified atom stereocenters. The van der Waals surface area contributed by atoms with Crippen molar-refractivity contribution in [1.29, 1.82) is 0 Å². The van der Waals surface area contributed by atoms with Crippen molar-refractivity contribution in [3.8, 4) is 10.4 Å². The first-order valence-electron chi connectivity index (χ1n) is 11.7. The van der Waals surface area contributed by atoms with Crippen LogP contribution in [-0.4, -0.2) is 69.2 Å². The molecule has 0 saturated carbocycles. The molecule has 0 aromatic carbocycles. The number of halogens is 5. The number of carbonyl (C=O) groups is 2. The smallest absolute Gasteiger partial charge is 0.394 e. The molecule has 1 saturated heterocycles. The summed E-state index contributed by atoms with van der Waals surface area (Å²) in [6, 6.07) is -1.92. The monoisotopic (exact) mass is 549 g/mol. The molecule has 1 aliphatic rings. The Labute approximate surface area is 214 Å². The Morgan fingerprint density at radius 2 is 2.03 bits per heavy atom. The number of rotatable bonds is 9. The topological polar surface area (TPSA) is 107 Å². The zero-order valence-electron chi connectivity index (χ0n) is 20.4. The van der Waals surface area contributed by atoms with Gasteiger partial charge >= 0.3 is 6.18 Å². The molecule has 2 amide bonds. The zero-order valence-corrected chi connectivity index (χ0v) is 21.2. The number of hydrogen-bond acceptors (Lipinski definition) is 7. The van der Waals surface area contributed by atoms with Gasteiger partial charge in [0.2, 0.25) is 0 Å². The van der Waals surface area contributed by atoms with Gasteiger partial charge in [0.25, 0.3) is 18.2 Å². The molecule has 2 aromatic heterocycles. The first-order valence-corrected chi connectivity index (χ1v) is 12.5. The van der Waals surface area contributed by atoms with E-state index >= 15 is 0 Å². The summed E-state index contributed by atoms with van der Waals surface area (Å²) in [5, 5.41) is 13.7. The molecular weight excluding hydrogens is 521 g/mol. The summed E-state index contributed by atoms with van der Waals surface area (Å²) in [5.41, 5.74) is -1.08. The maximum Gasteiger partial charge on any atom is 0.408 e. The van der Waals surface area contributed by atoms with Gasteiger partial charge in [-0.05, 0) is 39.2 Å². The number of aromatic nitrogens is 2. The number of aliphatic hydroxyl groups is 1. The van der Waals surface area contributed by atoms with Crippen LogP contribution in [-0.2, 0) is 0 Å². The summed E-state index contributed by atoms with van der Waals surface area (Å²) in [7, 11) is 0. The largest absolute Gasteiger partial charge is 0.408 e. The summed E-state index contributed by atoms with van der Waals surface area (Å²) in [6.07, 6.45) is -5.62. The number of amides is 2. The Bertz CT molecular complexity index is 1130. The number of likely N-dealkylation sites (tertiary alicyclic amines) is 1. The van der Waals surface area contributed by atoms with Crippen molar-refractivity contribution in [3.63, 3.8) is 0 Å². The standard InChI is InChI=1S/C23H28F5N5O3S/c1-4-15(23(26,27)28)31-16-8-13(19(24)25)14(9-29-16)18-17(22(36)33-7-5-6-12(33)3)32-21(37-18)20(35)30-11(2)10-34/h8-9,11-12,15,19,34H,4-7,10H2,1-3H3,(H,29,31)(H,30,35). The van der Waals surface area contributed by atoms with Gasteiger partial charge in [0.15, 0.2) is 5.01 Å². The molecular formula is C23H28F5N5O3S. The van der Waals surface area contributed by atoms with E-state index in [0.29, 0.717) is 17.9 Å². The van der Waals surface area contributed by atoms with Crippen molar-refractivity contribution >= 4 is 29.0 Å². The van der Waals surface area contributed by atoms with Gasteiger partial charge in [-0.2, -0.15) is 13.2 Å². The normalized spacial score (nSPS) is 17.7. The van der Waals surface area contributed by atoms with Crippen LogP contribution in [0.4, 0.5) is 27.8 Å². The second-order valence-electron chi connectivity index (χ2n) is 8.85. The van der Waals surface area contributed by atoms with Gasteiger partial charge in [0, 0.05) is 36.0 Å². The van der Waals surface area contributed by atoms with Crippen LogP contribution in [0.3, 0.4) is 0 Å². The number of pyridine rings is 1. The minimum atomic E-state index is -4.61. The number of thiazole rings is 1. The van der Waals surface area contributed by atoms with Gasteiger partial charge in [0.1, 0.15) is 17.6 Å². The summed E-state index contributed by atoms with van der Waals surface area (Å²) < 4.78 is 67.8. The number of anilines is 1. The molecule has 8 nitrogen and oxygen atoms in total. The predicted octanol–water partition coefficient (Wildman–Crippen LogP) is 4.63. The Hall–Kier alpha value is -2.87. The van der Waals surface area contributed by atoms with Crippen LogP contribution in [0.25, 0.3) is 10.4 Å². The summed E-state index contributed by atoms with van der Waals surface area (Å²) in [5.74, 6) is -1.65. The lowest BCUT2D eigenvalue weighted by atomic mass is 10.1. The number of hydrogen-bond donors (Lipinski definition) is 3. The van der Waals surface area contributed by atoms with Crippen LogP contribution in [0.1, 0.15) is 72.3 Å². The van der Waals surface area contributed by atoms with Gasteiger partial charge in [-0.1, -0.05) is 6.92 Å². The maximum atomic E-state index is 14.1. The molecule has 3 N–H and O–H groups in total. The van der Waals surface area contributed by atoms with E-state index in [2.05, 4.69) is 20.6 Å². The first kappa shape index (κ1) is 28.7. The van der Waals surface area contributed by atoms with Crippen molar-refractivity contribution in [2.24, 2.45) is 0 Å². The third-order valence-corrected chi connectivity index (χ3v) is 7.12. The fourth-order valence-corrected chi connectivity index (χ4v) is 4.95. The Kier molecular flexibility index (Phi) is 9.05. The number of alkyl halides is 5. The Morgan fingerprint density at radius 3 is 2.57 bits per heavy atom. The van der Waals surface area contributed by atoms with Gasteiger partial charge in [0.05, 0.1) is 11.5 Å². The molecule has 0 radical (unpaired) electrons. The lowest BCUT2D eigenvalue weighted by molar-refractivity contribution is -0.142. The van der Waals surface area contributed by atoms with Crippen molar-refractivity contribution in [2.75, 3.05) is 18.5 Å². The second-order valence-corrected chi connectivity index (χ2v) is 9.85. The molecule has 14 heteroatoms. The summed E-state index contributed by atoms with van der Waals surface area (Å²) in [4.78, 5) is 35.6. The minimum Gasteiger partial charge on any atom is -0.394 e. The number of aliphatic hydroxyl groups excluding tert-OH is 1. The lowest BCUT2D eigenvalue weighted by Gasteiger charge is -2.22. The van der Waals surface area contributed by atoms with Crippen LogP contribution < -0.4 is 10.6 Å². The molecule has 3 atom stereocenters. The lowest BCUT2D eigenvalue weighted by Crippen LogP contribution is -2.36. The SMILES string of the molecule is CCC(Nc1cc(C(F)F)c(-c2sc(C(=O)NC(C)CO)nc2C(=O)N2CCCC2C)cn1)C(F)(F)F. The molecule has 3 heterocycles. The molecule has 204 valence electrons. The van der Waals surface area contributed by atoms with Gasteiger partial charge in [-0.15, -0.1) is 11.3 Å². The van der Waals surface area contributed by atoms with Crippen molar-refractivity contribution in [1.82, 2.24) is 20.2 Å². The molecule has 3 rings (SSSR count). The van der Waals surface area contributed by atoms with Crippen LogP contribution in [0, 0.1) is 0 Å². The first-order chi connectivity index (χ1) is 17.4. The summed E-state index contributed by atoms with van der Waals surface area (Å²) in [6.45, 7) is 4.75. The molecule has 2 aromatic rings.